The van der Waals surface area contributed by atoms with Crippen LogP contribution in [0.5, 0.6) is 0 Å². The van der Waals surface area contributed by atoms with Gasteiger partial charge in [0.1, 0.15) is 10.7 Å². The summed E-state index contributed by atoms with van der Waals surface area (Å²) in [7, 11) is -4.16. The molecule has 0 amide bonds. The zero-order valence-electron chi connectivity index (χ0n) is 14.2. The third kappa shape index (κ3) is 4.25. The van der Waals surface area contributed by atoms with Crippen molar-refractivity contribution in [1.29, 1.82) is 0 Å². The van der Waals surface area contributed by atoms with E-state index in [-0.39, 0.29) is 6.07 Å². The van der Waals surface area contributed by atoms with E-state index < -0.39 is 61.7 Å². The van der Waals surface area contributed by atoms with E-state index in [1.807, 2.05) is 0 Å². The fraction of sp³-hybridized carbons (Fsp3) is 0.133. The lowest BCUT2D eigenvalue weighted by Crippen LogP contribution is -2.13. The van der Waals surface area contributed by atoms with Gasteiger partial charge in [0.15, 0.2) is 11.6 Å². The minimum atomic E-state index is -5.07. The highest BCUT2D eigenvalue weighted by Crippen LogP contribution is 2.34. The Kier molecular flexibility index (Phi) is 5.06. The van der Waals surface area contributed by atoms with Crippen molar-refractivity contribution in [2.45, 2.75) is 17.2 Å². The zero-order valence-corrected chi connectivity index (χ0v) is 15.0. The summed E-state index contributed by atoms with van der Waals surface area (Å²) in [6.45, 7) is 0. The van der Waals surface area contributed by atoms with E-state index in [9.17, 15) is 39.2 Å². The molecular formula is C15H8F7N5O2S. The Morgan fingerprint density at radius 3 is 2.10 bits per heavy atom. The van der Waals surface area contributed by atoms with Gasteiger partial charge in [-0.2, -0.15) is 31.0 Å². The summed E-state index contributed by atoms with van der Waals surface area (Å²) >= 11 is 0. The van der Waals surface area contributed by atoms with E-state index in [2.05, 4.69) is 15.1 Å². The second-order valence-electron chi connectivity index (χ2n) is 5.76. The number of rotatable bonds is 3. The number of pyridine rings is 1. The molecule has 0 aliphatic heterocycles. The molecule has 0 unspecified atom stereocenters. The predicted octanol–water partition coefficient (Wildman–Crippen LogP) is 3.15. The summed E-state index contributed by atoms with van der Waals surface area (Å²) in [5.74, 6) is -4.44. The van der Waals surface area contributed by atoms with Gasteiger partial charge in [-0.15, -0.1) is 5.10 Å². The lowest BCUT2D eigenvalue weighted by atomic mass is 10.1. The summed E-state index contributed by atoms with van der Waals surface area (Å²) in [4.78, 5) is 6.32. The van der Waals surface area contributed by atoms with Gasteiger partial charge in [0.25, 0.3) is 5.82 Å². The first-order valence-electron chi connectivity index (χ1n) is 7.58. The third-order valence-electron chi connectivity index (χ3n) is 3.66. The van der Waals surface area contributed by atoms with Crippen LogP contribution in [-0.4, -0.2) is 28.2 Å². The van der Waals surface area contributed by atoms with Gasteiger partial charge < -0.3 is 0 Å². The van der Waals surface area contributed by atoms with Gasteiger partial charge in [0.05, 0.1) is 11.1 Å². The molecule has 2 aromatic heterocycles. The Balaban J connectivity index is 2.19. The molecule has 7 nitrogen and oxygen atoms in total. The molecule has 0 aliphatic carbocycles. The Labute approximate surface area is 163 Å². The number of aromatic nitrogens is 4. The SMILES string of the molecule is NS(=O)(=O)c1ccc(-n2nc(C(F)(F)F)nc2-c2ccc(C(F)(F)F)cc2F)nc1. The topological polar surface area (TPSA) is 104 Å². The molecule has 2 N–H and O–H groups in total. The Bertz CT molecular complexity index is 1200. The van der Waals surface area contributed by atoms with Gasteiger partial charge in [-0.3, -0.25) is 0 Å². The summed E-state index contributed by atoms with van der Waals surface area (Å²) in [6, 6.07) is 2.97. The van der Waals surface area contributed by atoms with Crippen molar-refractivity contribution in [1.82, 2.24) is 19.7 Å². The molecular weight excluding hydrogens is 447 g/mol. The van der Waals surface area contributed by atoms with Crippen LogP contribution >= 0.6 is 0 Å². The lowest BCUT2D eigenvalue weighted by molar-refractivity contribution is -0.144. The highest BCUT2D eigenvalue weighted by atomic mass is 32.2. The van der Waals surface area contributed by atoms with E-state index in [1.54, 1.807) is 0 Å². The molecule has 3 rings (SSSR count). The fourth-order valence-electron chi connectivity index (χ4n) is 2.31. The zero-order chi connectivity index (χ0) is 22.5. The highest BCUT2D eigenvalue weighted by Gasteiger charge is 2.38. The minimum Gasteiger partial charge on any atom is -0.236 e. The van der Waals surface area contributed by atoms with Gasteiger partial charge >= 0.3 is 12.4 Å². The standard InChI is InChI=1S/C15H8F7N5O2S/c16-10-5-7(14(17,18)19)1-3-9(10)12-25-13(15(20,21)22)26-27(12)11-4-2-8(6-24-11)30(23,28)29/h1-6H,(H2,23,28,29). The molecule has 0 aliphatic rings. The van der Waals surface area contributed by atoms with Gasteiger partial charge in [-0.1, -0.05) is 0 Å². The molecule has 15 heteroatoms. The Hall–Kier alpha value is -3.07. The molecule has 30 heavy (non-hydrogen) atoms. The number of alkyl halides is 6. The average molecular weight is 455 g/mol. The molecule has 0 saturated carbocycles. The molecule has 0 spiro atoms. The van der Waals surface area contributed by atoms with Crippen LogP contribution < -0.4 is 5.14 Å². The first kappa shape index (κ1) is 21.6. The second kappa shape index (κ2) is 7.02. The smallest absolute Gasteiger partial charge is 0.236 e. The van der Waals surface area contributed by atoms with Gasteiger partial charge in [0, 0.05) is 6.20 Å². The van der Waals surface area contributed by atoms with Crippen molar-refractivity contribution in [3.63, 3.8) is 0 Å². The molecule has 0 saturated heterocycles. The molecule has 0 radical (unpaired) electrons. The number of nitrogens with two attached hydrogens (primary N) is 1. The van der Waals surface area contributed by atoms with Gasteiger partial charge in [-0.25, -0.2) is 27.9 Å². The highest BCUT2D eigenvalue weighted by molar-refractivity contribution is 7.89. The number of sulfonamides is 1. The largest absolute Gasteiger partial charge is 0.453 e. The summed E-state index contributed by atoms with van der Waals surface area (Å²) in [5, 5.41) is 8.08. The second-order valence-corrected chi connectivity index (χ2v) is 7.32. The Morgan fingerprint density at radius 2 is 1.63 bits per heavy atom. The van der Waals surface area contributed by atoms with Crippen LogP contribution in [0.1, 0.15) is 11.4 Å². The van der Waals surface area contributed by atoms with Crippen molar-refractivity contribution >= 4 is 10.0 Å². The molecule has 3 aromatic rings. The number of primary sulfonamides is 1. The van der Waals surface area contributed by atoms with E-state index in [0.717, 1.165) is 12.1 Å². The summed E-state index contributed by atoms with van der Waals surface area (Å²) < 4.78 is 115. The van der Waals surface area contributed by atoms with Crippen LogP contribution in [0.15, 0.2) is 41.4 Å². The molecule has 160 valence electrons. The average Bonchev–Trinajstić information content (AvgIpc) is 3.05. The molecule has 0 bridgehead atoms. The van der Waals surface area contributed by atoms with E-state index >= 15 is 0 Å². The maximum Gasteiger partial charge on any atom is 0.453 e. The molecule has 0 atom stereocenters. The van der Waals surface area contributed by atoms with Crippen molar-refractivity contribution in [2.75, 3.05) is 0 Å². The van der Waals surface area contributed by atoms with Crippen molar-refractivity contribution < 1.29 is 39.2 Å². The van der Waals surface area contributed by atoms with E-state index in [1.165, 1.54) is 0 Å². The quantitative estimate of drug-likeness (QED) is 0.612. The van der Waals surface area contributed by atoms with Crippen LogP contribution in [0.4, 0.5) is 30.7 Å². The van der Waals surface area contributed by atoms with Crippen LogP contribution in [0, 0.1) is 5.82 Å². The van der Waals surface area contributed by atoms with Crippen molar-refractivity contribution in [2.24, 2.45) is 5.14 Å². The van der Waals surface area contributed by atoms with Gasteiger partial charge in [0.2, 0.25) is 10.0 Å². The predicted molar refractivity (Wildman–Crippen MR) is 85.9 cm³/mol. The first-order valence-corrected chi connectivity index (χ1v) is 9.13. The lowest BCUT2D eigenvalue weighted by Gasteiger charge is -2.10. The Morgan fingerprint density at radius 1 is 0.967 bits per heavy atom. The van der Waals surface area contributed by atoms with Crippen molar-refractivity contribution in [3.05, 3.63) is 53.7 Å². The van der Waals surface area contributed by atoms with Crippen LogP contribution in [-0.2, 0) is 22.4 Å². The molecule has 1 aromatic carbocycles. The van der Waals surface area contributed by atoms with Gasteiger partial charge in [-0.05, 0) is 30.3 Å². The number of halogens is 7. The molecule has 0 fully saturated rings. The number of hydrogen-bond donors (Lipinski definition) is 1. The first-order chi connectivity index (χ1) is 13.7. The van der Waals surface area contributed by atoms with E-state index in [0.29, 0.717) is 23.0 Å². The number of hydrogen-bond acceptors (Lipinski definition) is 5. The maximum absolute atomic E-state index is 14.3. The van der Waals surface area contributed by atoms with Crippen LogP contribution in [0.3, 0.4) is 0 Å². The number of nitrogens with zero attached hydrogens (tertiary/aromatic N) is 4. The van der Waals surface area contributed by atoms with Crippen LogP contribution in [0.2, 0.25) is 0 Å². The normalized spacial score (nSPS) is 12.9. The fourth-order valence-corrected chi connectivity index (χ4v) is 2.76. The maximum atomic E-state index is 14.3. The van der Waals surface area contributed by atoms with Crippen molar-refractivity contribution in [3.8, 4) is 17.2 Å². The third-order valence-corrected chi connectivity index (χ3v) is 4.56. The van der Waals surface area contributed by atoms with Crippen LogP contribution in [0.25, 0.3) is 17.2 Å². The summed E-state index contributed by atoms with van der Waals surface area (Å²) in [5.41, 5.74) is -2.08. The van der Waals surface area contributed by atoms with E-state index in [4.69, 9.17) is 5.14 Å². The minimum absolute atomic E-state index is 0.0964. The number of benzene rings is 1. The summed E-state index contributed by atoms with van der Waals surface area (Å²) in [6.07, 6.45) is -9.23. The monoisotopic (exact) mass is 455 g/mol. The molecule has 2 heterocycles.